The zero-order valence-electron chi connectivity index (χ0n) is 9.53. The van der Waals surface area contributed by atoms with Gasteiger partial charge < -0.3 is 4.90 Å². The summed E-state index contributed by atoms with van der Waals surface area (Å²) in [6.07, 6.45) is 9.65. The van der Waals surface area contributed by atoms with Gasteiger partial charge in [-0.25, -0.2) is 9.97 Å². The van der Waals surface area contributed by atoms with Crippen LogP contribution in [0.5, 0.6) is 0 Å². The highest BCUT2D eigenvalue weighted by Gasteiger charge is 2.27. The van der Waals surface area contributed by atoms with Gasteiger partial charge in [0.25, 0.3) is 0 Å². The lowest BCUT2D eigenvalue weighted by Gasteiger charge is -2.24. The zero-order chi connectivity index (χ0) is 11.5. The van der Waals surface area contributed by atoms with Crippen LogP contribution in [0.25, 0.3) is 0 Å². The summed E-state index contributed by atoms with van der Waals surface area (Å²) < 4.78 is 0. The summed E-state index contributed by atoms with van der Waals surface area (Å²) in [6.45, 7) is 1.02. The molecule has 2 aromatic heterocycles. The van der Waals surface area contributed by atoms with Crippen LogP contribution in [0.2, 0.25) is 0 Å². The molecule has 0 aromatic carbocycles. The molecule has 0 spiro atoms. The summed E-state index contributed by atoms with van der Waals surface area (Å²) in [5, 5.41) is 0. The largest absolute Gasteiger partial charge is 0.334 e. The summed E-state index contributed by atoms with van der Waals surface area (Å²) >= 11 is 0. The maximum absolute atomic E-state index is 4.33. The lowest BCUT2D eigenvalue weighted by atomic mass is 10.1. The predicted octanol–water partition coefficient (Wildman–Crippen LogP) is 2.21. The number of pyridine rings is 1. The van der Waals surface area contributed by atoms with E-state index < -0.39 is 0 Å². The molecule has 0 N–H and O–H groups in total. The van der Waals surface area contributed by atoms with Gasteiger partial charge in [0.1, 0.15) is 0 Å². The van der Waals surface area contributed by atoms with Crippen LogP contribution in [0.1, 0.15) is 24.4 Å². The van der Waals surface area contributed by atoms with Crippen molar-refractivity contribution in [2.24, 2.45) is 0 Å². The molecule has 2 aromatic rings. The van der Waals surface area contributed by atoms with Gasteiger partial charge in [0.15, 0.2) is 0 Å². The molecule has 1 aliphatic heterocycles. The Kier molecular flexibility index (Phi) is 2.69. The third-order valence-corrected chi connectivity index (χ3v) is 3.13. The molecule has 4 heteroatoms. The van der Waals surface area contributed by atoms with Crippen molar-refractivity contribution in [2.45, 2.75) is 18.9 Å². The second-order valence-electron chi connectivity index (χ2n) is 4.19. The van der Waals surface area contributed by atoms with Crippen LogP contribution < -0.4 is 4.90 Å². The average molecular weight is 226 g/mol. The standard InChI is InChI=1S/C13H14N4/c1-4-11(10-14-6-1)12-5-2-9-17(12)13-15-7-3-8-16-13/h1,3-4,6-8,10,12H,2,5,9H2. The molecular weight excluding hydrogens is 212 g/mol. The molecule has 86 valence electrons. The molecule has 17 heavy (non-hydrogen) atoms. The number of hydrogen-bond donors (Lipinski definition) is 0. The first-order valence-corrected chi connectivity index (χ1v) is 5.89. The summed E-state index contributed by atoms with van der Waals surface area (Å²) in [6, 6.07) is 6.32. The summed E-state index contributed by atoms with van der Waals surface area (Å²) in [7, 11) is 0. The van der Waals surface area contributed by atoms with Crippen LogP contribution in [0, 0.1) is 0 Å². The minimum Gasteiger partial charge on any atom is -0.334 e. The van der Waals surface area contributed by atoms with Crippen molar-refractivity contribution in [1.82, 2.24) is 15.0 Å². The van der Waals surface area contributed by atoms with Crippen LogP contribution in [0.3, 0.4) is 0 Å². The first-order valence-electron chi connectivity index (χ1n) is 5.89. The van der Waals surface area contributed by atoms with E-state index in [2.05, 4.69) is 25.9 Å². The van der Waals surface area contributed by atoms with Crippen LogP contribution in [-0.2, 0) is 0 Å². The van der Waals surface area contributed by atoms with Crippen molar-refractivity contribution >= 4 is 5.95 Å². The van der Waals surface area contributed by atoms with Gasteiger partial charge in [-0.15, -0.1) is 0 Å². The fourth-order valence-electron chi connectivity index (χ4n) is 2.37. The average Bonchev–Trinajstić information content (AvgIpc) is 2.90. The van der Waals surface area contributed by atoms with E-state index in [0.717, 1.165) is 18.9 Å². The van der Waals surface area contributed by atoms with Crippen LogP contribution in [0.15, 0.2) is 43.0 Å². The van der Waals surface area contributed by atoms with Crippen molar-refractivity contribution in [1.29, 1.82) is 0 Å². The third kappa shape index (κ3) is 1.98. The quantitative estimate of drug-likeness (QED) is 0.787. The van der Waals surface area contributed by atoms with E-state index >= 15 is 0 Å². The Balaban J connectivity index is 1.91. The van der Waals surface area contributed by atoms with E-state index in [1.807, 2.05) is 24.5 Å². The second kappa shape index (κ2) is 4.49. The molecule has 1 fully saturated rings. The van der Waals surface area contributed by atoms with Gasteiger partial charge >= 0.3 is 0 Å². The van der Waals surface area contributed by atoms with E-state index in [9.17, 15) is 0 Å². The molecule has 1 atom stereocenters. The van der Waals surface area contributed by atoms with Crippen molar-refractivity contribution in [3.05, 3.63) is 48.5 Å². The third-order valence-electron chi connectivity index (χ3n) is 3.13. The van der Waals surface area contributed by atoms with Gasteiger partial charge in [-0.05, 0) is 30.5 Å². The van der Waals surface area contributed by atoms with Crippen LogP contribution >= 0.6 is 0 Å². The first kappa shape index (κ1) is 10.2. The van der Waals surface area contributed by atoms with E-state index in [4.69, 9.17) is 0 Å². The number of aromatic nitrogens is 3. The Labute approximate surface area is 100 Å². The Bertz CT molecular complexity index is 426. The van der Waals surface area contributed by atoms with Gasteiger partial charge in [-0.3, -0.25) is 4.98 Å². The number of anilines is 1. The Morgan fingerprint density at radius 1 is 1.12 bits per heavy atom. The summed E-state index contributed by atoms with van der Waals surface area (Å²) in [5.74, 6) is 0.818. The number of hydrogen-bond acceptors (Lipinski definition) is 4. The Hall–Kier alpha value is -1.97. The summed E-state index contributed by atoms with van der Waals surface area (Å²) in [5.41, 5.74) is 1.25. The van der Waals surface area contributed by atoms with Crippen molar-refractivity contribution in [3.8, 4) is 0 Å². The molecule has 1 unspecified atom stereocenters. The second-order valence-corrected chi connectivity index (χ2v) is 4.19. The minimum atomic E-state index is 0.367. The molecule has 0 bridgehead atoms. The maximum atomic E-state index is 4.33. The van der Waals surface area contributed by atoms with E-state index in [1.165, 1.54) is 12.0 Å². The molecular formula is C13H14N4. The monoisotopic (exact) mass is 226 g/mol. The minimum absolute atomic E-state index is 0.367. The molecule has 0 aliphatic carbocycles. The molecule has 3 rings (SSSR count). The molecule has 4 nitrogen and oxygen atoms in total. The van der Waals surface area contributed by atoms with Crippen LogP contribution in [-0.4, -0.2) is 21.5 Å². The highest BCUT2D eigenvalue weighted by Crippen LogP contribution is 2.33. The van der Waals surface area contributed by atoms with Gasteiger partial charge in [0.05, 0.1) is 6.04 Å². The molecule has 3 heterocycles. The van der Waals surface area contributed by atoms with Gasteiger partial charge in [-0.1, -0.05) is 6.07 Å². The number of rotatable bonds is 2. The Morgan fingerprint density at radius 2 is 2.00 bits per heavy atom. The lowest BCUT2D eigenvalue weighted by Crippen LogP contribution is -2.24. The first-order chi connectivity index (χ1) is 8.45. The fraction of sp³-hybridized carbons (Fsp3) is 0.308. The van der Waals surface area contributed by atoms with Crippen molar-refractivity contribution in [2.75, 3.05) is 11.4 Å². The smallest absolute Gasteiger partial charge is 0.225 e. The van der Waals surface area contributed by atoms with Gasteiger partial charge in [0.2, 0.25) is 5.95 Å². The van der Waals surface area contributed by atoms with Crippen molar-refractivity contribution < 1.29 is 0 Å². The maximum Gasteiger partial charge on any atom is 0.225 e. The fourth-order valence-corrected chi connectivity index (χ4v) is 2.37. The van der Waals surface area contributed by atoms with Gasteiger partial charge in [0, 0.05) is 31.3 Å². The highest BCUT2D eigenvalue weighted by atomic mass is 15.3. The van der Waals surface area contributed by atoms with Gasteiger partial charge in [-0.2, -0.15) is 0 Å². The highest BCUT2D eigenvalue weighted by molar-refractivity contribution is 5.36. The van der Waals surface area contributed by atoms with E-state index in [0.29, 0.717) is 6.04 Å². The van der Waals surface area contributed by atoms with E-state index in [1.54, 1.807) is 12.4 Å². The molecule has 0 saturated carbocycles. The number of nitrogens with zero attached hydrogens (tertiary/aromatic N) is 4. The molecule has 1 aliphatic rings. The Morgan fingerprint density at radius 3 is 2.76 bits per heavy atom. The molecule has 0 radical (unpaired) electrons. The molecule has 0 amide bonds. The van der Waals surface area contributed by atoms with Crippen molar-refractivity contribution in [3.63, 3.8) is 0 Å². The predicted molar refractivity (Wildman–Crippen MR) is 65.6 cm³/mol. The summed E-state index contributed by atoms with van der Waals surface area (Å²) in [4.78, 5) is 15.1. The van der Waals surface area contributed by atoms with E-state index in [-0.39, 0.29) is 0 Å². The molecule has 1 saturated heterocycles. The van der Waals surface area contributed by atoms with Crippen LogP contribution in [0.4, 0.5) is 5.95 Å². The normalized spacial score (nSPS) is 19.5. The lowest BCUT2D eigenvalue weighted by molar-refractivity contribution is 0.698. The zero-order valence-corrected chi connectivity index (χ0v) is 9.53. The topological polar surface area (TPSA) is 41.9 Å². The SMILES string of the molecule is c1cnc(N2CCCC2c2cccnc2)nc1.